The standard InChI is InChI=1S/C13H19NO4/c1-7-5-10(17-3)13(18-4)12(8(7)2)9(14)6-11(15)16/h5,9H,6,14H2,1-4H3,(H,15,16). The van der Waals surface area contributed by atoms with Gasteiger partial charge in [-0.3, -0.25) is 4.79 Å². The van der Waals surface area contributed by atoms with Crippen LogP contribution in [0.2, 0.25) is 0 Å². The number of rotatable bonds is 5. The van der Waals surface area contributed by atoms with Gasteiger partial charge in [-0.15, -0.1) is 0 Å². The van der Waals surface area contributed by atoms with Crippen molar-refractivity contribution in [2.45, 2.75) is 26.3 Å². The van der Waals surface area contributed by atoms with E-state index in [0.29, 0.717) is 17.1 Å². The van der Waals surface area contributed by atoms with Crippen molar-refractivity contribution < 1.29 is 19.4 Å². The molecule has 0 heterocycles. The van der Waals surface area contributed by atoms with E-state index in [2.05, 4.69) is 0 Å². The molecular formula is C13H19NO4. The molecule has 0 aliphatic heterocycles. The highest BCUT2D eigenvalue weighted by Gasteiger charge is 2.22. The summed E-state index contributed by atoms with van der Waals surface area (Å²) in [5.41, 5.74) is 8.56. The zero-order chi connectivity index (χ0) is 13.9. The molecule has 5 nitrogen and oxygen atoms in total. The predicted octanol–water partition coefficient (Wildman–Crippen LogP) is 1.80. The molecule has 1 atom stereocenters. The maximum atomic E-state index is 10.8. The number of benzene rings is 1. The van der Waals surface area contributed by atoms with Crippen LogP contribution in [0, 0.1) is 13.8 Å². The molecule has 100 valence electrons. The molecule has 0 aliphatic carbocycles. The number of hydrogen-bond acceptors (Lipinski definition) is 4. The molecule has 0 radical (unpaired) electrons. The van der Waals surface area contributed by atoms with E-state index >= 15 is 0 Å². The number of carboxylic acid groups (broad SMARTS) is 1. The monoisotopic (exact) mass is 253 g/mol. The van der Waals surface area contributed by atoms with Gasteiger partial charge in [-0.25, -0.2) is 0 Å². The molecule has 0 fully saturated rings. The average Bonchev–Trinajstić information content (AvgIpc) is 2.30. The fourth-order valence-electron chi connectivity index (χ4n) is 1.98. The normalized spacial score (nSPS) is 12.1. The number of aryl methyl sites for hydroxylation is 1. The second kappa shape index (κ2) is 5.73. The van der Waals surface area contributed by atoms with Crippen LogP contribution in [-0.2, 0) is 4.79 Å². The van der Waals surface area contributed by atoms with Crippen molar-refractivity contribution in [3.8, 4) is 11.5 Å². The zero-order valence-electron chi connectivity index (χ0n) is 11.1. The van der Waals surface area contributed by atoms with Crippen LogP contribution in [0.3, 0.4) is 0 Å². The van der Waals surface area contributed by atoms with Crippen LogP contribution in [0.4, 0.5) is 0 Å². The fourth-order valence-corrected chi connectivity index (χ4v) is 1.98. The van der Waals surface area contributed by atoms with Gasteiger partial charge in [0.15, 0.2) is 11.5 Å². The molecule has 0 bridgehead atoms. The van der Waals surface area contributed by atoms with Crippen molar-refractivity contribution in [3.63, 3.8) is 0 Å². The molecule has 0 spiro atoms. The quantitative estimate of drug-likeness (QED) is 0.836. The summed E-state index contributed by atoms with van der Waals surface area (Å²) in [4.78, 5) is 10.8. The molecular weight excluding hydrogens is 234 g/mol. The van der Waals surface area contributed by atoms with Crippen LogP contribution in [-0.4, -0.2) is 25.3 Å². The second-order valence-electron chi connectivity index (χ2n) is 4.17. The summed E-state index contributed by atoms with van der Waals surface area (Å²) in [5.74, 6) is 0.134. The lowest BCUT2D eigenvalue weighted by molar-refractivity contribution is -0.137. The summed E-state index contributed by atoms with van der Waals surface area (Å²) in [6, 6.07) is 1.23. The van der Waals surface area contributed by atoms with Crippen LogP contribution in [0.1, 0.15) is 29.2 Å². The first kappa shape index (κ1) is 14.3. The van der Waals surface area contributed by atoms with Gasteiger partial charge in [-0.1, -0.05) is 0 Å². The van der Waals surface area contributed by atoms with Gasteiger partial charge in [0.1, 0.15) is 0 Å². The Morgan fingerprint density at radius 3 is 2.44 bits per heavy atom. The molecule has 3 N–H and O–H groups in total. The summed E-state index contributed by atoms with van der Waals surface area (Å²) >= 11 is 0. The predicted molar refractivity (Wildman–Crippen MR) is 68.2 cm³/mol. The van der Waals surface area contributed by atoms with E-state index in [4.69, 9.17) is 20.3 Å². The molecule has 0 amide bonds. The van der Waals surface area contributed by atoms with Crippen molar-refractivity contribution in [2.24, 2.45) is 5.73 Å². The van der Waals surface area contributed by atoms with Crippen molar-refractivity contribution in [2.75, 3.05) is 14.2 Å². The van der Waals surface area contributed by atoms with Crippen molar-refractivity contribution in [1.29, 1.82) is 0 Å². The minimum absolute atomic E-state index is 0.149. The van der Waals surface area contributed by atoms with Gasteiger partial charge in [0.25, 0.3) is 0 Å². The first-order valence-electron chi connectivity index (χ1n) is 5.61. The first-order chi connectivity index (χ1) is 8.42. The number of methoxy groups -OCH3 is 2. The lowest BCUT2D eigenvalue weighted by Gasteiger charge is -2.21. The first-order valence-corrected chi connectivity index (χ1v) is 5.61. The van der Waals surface area contributed by atoms with E-state index in [0.717, 1.165) is 11.1 Å². The molecule has 5 heteroatoms. The van der Waals surface area contributed by atoms with Gasteiger partial charge in [0.05, 0.1) is 20.6 Å². The van der Waals surface area contributed by atoms with Crippen LogP contribution < -0.4 is 15.2 Å². The third-order valence-electron chi connectivity index (χ3n) is 3.00. The molecule has 1 aromatic carbocycles. The van der Waals surface area contributed by atoms with Gasteiger partial charge < -0.3 is 20.3 Å². The van der Waals surface area contributed by atoms with E-state index in [-0.39, 0.29) is 6.42 Å². The summed E-state index contributed by atoms with van der Waals surface area (Å²) < 4.78 is 10.5. The van der Waals surface area contributed by atoms with Crippen LogP contribution in [0.25, 0.3) is 0 Å². The number of carboxylic acids is 1. The fraction of sp³-hybridized carbons (Fsp3) is 0.462. The van der Waals surface area contributed by atoms with E-state index in [1.807, 2.05) is 19.9 Å². The smallest absolute Gasteiger partial charge is 0.305 e. The van der Waals surface area contributed by atoms with E-state index in [9.17, 15) is 4.79 Å². The third-order valence-corrected chi connectivity index (χ3v) is 3.00. The number of aliphatic carboxylic acids is 1. The van der Waals surface area contributed by atoms with Crippen LogP contribution in [0.5, 0.6) is 11.5 Å². The molecule has 0 saturated heterocycles. The molecule has 0 aromatic heterocycles. The molecule has 18 heavy (non-hydrogen) atoms. The largest absolute Gasteiger partial charge is 0.493 e. The van der Waals surface area contributed by atoms with E-state index in [1.54, 1.807) is 7.11 Å². The molecule has 1 unspecified atom stereocenters. The van der Waals surface area contributed by atoms with Gasteiger partial charge in [-0.2, -0.15) is 0 Å². The number of carbonyl (C=O) groups is 1. The van der Waals surface area contributed by atoms with Gasteiger partial charge >= 0.3 is 5.97 Å². The molecule has 1 aromatic rings. The van der Waals surface area contributed by atoms with Gasteiger partial charge in [-0.05, 0) is 31.0 Å². The number of hydrogen-bond donors (Lipinski definition) is 2. The lowest BCUT2D eigenvalue weighted by atomic mass is 9.94. The third kappa shape index (κ3) is 2.73. The van der Waals surface area contributed by atoms with E-state index < -0.39 is 12.0 Å². The Morgan fingerprint density at radius 1 is 1.39 bits per heavy atom. The summed E-state index contributed by atoms with van der Waals surface area (Å²) in [7, 11) is 3.06. The number of nitrogens with two attached hydrogens (primary N) is 1. The Hall–Kier alpha value is -1.75. The van der Waals surface area contributed by atoms with Crippen LogP contribution >= 0.6 is 0 Å². The molecule has 1 rings (SSSR count). The van der Waals surface area contributed by atoms with Gasteiger partial charge in [0.2, 0.25) is 0 Å². The Kier molecular flexibility index (Phi) is 4.55. The topological polar surface area (TPSA) is 81.8 Å². The van der Waals surface area contributed by atoms with E-state index in [1.165, 1.54) is 7.11 Å². The van der Waals surface area contributed by atoms with Crippen LogP contribution in [0.15, 0.2) is 6.07 Å². The maximum absolute atomic E-state index is 10.8. The maximum Gasteiger partial charge on any atom is 0.305 e. The summed E-state index contributed by atoms with van der Waals surface area (Å²) in [6.07, 6.45) is -0.149. The minimum atomic E-state index is -0.940. The Morgan fingerprint density at radius 2 is 2.00 bits per heavy atom. The molecule has 0 saturated carbocycles. The molecule has 0 aliphatic rings. The highest BCUT2D eigenvalue weighted by atomic mass is 16.5. The Labute approximate surface area is 107 Å². The Bertz CT molecular complexity index is 457. The minimum Gasteiger partial charge on any atom is -0.493 e. The second-order valence-corrected chi connectivity index (χ2v) is 4.17. The SMILES string of the molecule is COc1cc(C)c(C)c(C(N)CC(=O)O)c1OC. The highest BCUT2D eigenvalue weighted by Crippen LogP contribution is 2.39. The Balaban J connectivity index is 3.38. The lowest BCUT2D eigenvalue weighted by Crippen LogP contribution is -2.18. The van der Waals surface area contributed by atoms with Crippen molar-refractivity contribution in [1.82, 2.24) is 0 Å². The van der Waals surface area contributed by atoms with Crippen molar-refractivity contribution >= 4 is 5.97 Å². The van der Waals surface area contributed by atoms with Crippen molar-refractivity contribution in [3.05, 3.63) is 22.8 Å². The zero-order valence-corrected chi connectivity index (χ0v) is 11.1. The summed E-state index contributed by atoms with van der Waals surface area (Å²) in [5, 5.41) is 8.84. The number of ether oxygens (including phenoxy) is 2. The van der Waals surface area contributed by atoms with Gasteiger partial charge in [0, 0.05) is 11.6 Å². The summed E-state index contributed by atoms with van der Waals surface area (Å²) in [6.45, 7) is 3.82. The average molecular weight is 253 g/mol. The highest BCUT2D eigenvalue weighted by molar-refractivity contribution is 5.69.